The number of rotatable bonds is 4. The Morgan fingerprint density at radius 3 is 1.81 bits per heavy atom. The van der Waals surface area contributed by atoms with E-state index >= 15 is 0 Å². The van der Waals surface area contributed by atoms with Crippen LogP contribution in [-0.2, 0) is 0 Å². The minimum absolute atomic E-state index is 0.313. The van der Waals surface area contributed by atoms with Gasteiger partial charge in [-0.3, -0.25) is 0 Å². The van der Waals surface area contributed by atoms with E-state index in [1.807, 2.05) is 109 Å². The molecule has 0 bridgehead atoms. The van der Waals surface area contributed by atoms with Crippen LogP contribution in [0.3, 0.4) is 0 Å². The maximum absolute atomic E-state index is 10.7. The van der Waals surface area contributed by atoms with E-state index < -0.39 is 0 Å². The molecule has 3 heterocycles. The fourth-order valence-corrected chi connectivity index (χ4v) is 6.58. The molecular weight excluding hydrogens is 592 g/mol. The van der Waals surface area contributed by atoms with Gasteiger partial charge in [0.1, 0.15) is 17.2 Å². The predicted octanol–water partition coefficient (Wildman–Crippen LogP) is 9.61. The molecule has 9 rings (SSSR count). The van der Waals surface area contributed by atoms with Crippen molar-refractivity contribution < 1.29 is 4.42 Å². The van der Waals surface area contributed by atoms with Crippen LogP contribution in [0.15, 0.2) is 138 Å². The van der Waals surface area contributed by atoms with Crippen molar-refractivity contribution in [2.45, 2.75) is 0 Å². The van der Waals surface area contributed by atoms with Gasteiger partial charge in [-0.05, 0) is 36.4 Å². The molecule has 222 valence electrons. The first-order valence-corrected chi connectivity index (χ1v) is 15.4. The fourth-order valence-electron chi connectivity index (χ4n) is 6.58. The zero-order chi connectivity index (χ0) is 32.2. The molecule has 7 nitrogen and oxygen atoms in total. The zero-order valence-electron chi connectivity index (χ0n) is 25.3. The maximum atomic E-state index is 10.7. The molecule has 7 heteroatoms. The van der Waals surface area contributed by atoms with Crippen LogP contribution < -0.4 is 0 Å². The second-order valence-electron chi connectivity index (χ2n) is 11.5. The summed E-state index contributed by atoms with van der Waals surface area (Å²) in [6.07, 6.45) is 0. The van der Waals surface area contributed by atoms with Crippen LogP contribution >= 0.6 is 0 Å². The van der Waals surface area contributed by atoms with E-state index in [-0.39, 0.29) is 0 Å². The number of hydrogen-bond acceptors (Lipinski definition) is 6. The highest BCUT2D eigenvalue weighted by atomic mass is 16.3. The van der Waals surface area contributed by atoms with Crippen molar-refractivity contribution in [1.29, 1.82) is 10.5 Å². The van der Waals surface area contributed by atoms with E-state index in [2.05, 4.69) is 28.8 Å². The molecule has 3 aromatic heterocycles. The third kappa shape index (κ3) is 4.16. The third-order valence-corrected chi connectivity index (χ3v) is 8.73. The van der Waals surface area contributed by atoms with Crippen LogP contribution in [0, 0.1) is 22.7 Å². The van der Waals surface area contributed by atoms with Crippen LogP contribution in [0.25, 0.3) is 83.6 Å². The van der Waals surface area contributed by atoms with Gasteiger partial charge in [-0.1, -0.05) is 97.1 Å². The van der Waals surface area contributed by atoms with Crippen molar-refractivity contribution in [3.8, 4) is 52.0 Å². The number of nitriles is 2. The summed E-state index contributed by atoms with van der Waals surface area (Å²) in [6, 6.07) is 47.7. The summed E-state index contributed by atoms with van der Waals surface area (Å²) in [4.78, 5) is 14.5. The van der Waals surface area contributed by atoms with Crippen molar-refractivity contribution >= 4 is 43.7 Å². The number of nitrogens with zero attached hydrogens (tertiary/aromatic N) is 6. The Morgan fingerprint density at radius 2 is 1.12 bits per heavy atom. The summed E-state index contributed by atoms with van der Waals surface area (Å²) in [6.45, 7) is 0. The fraction of sp³-hybridized carbons (Fsp3) is 0. The van der Waals surface area contributed by atoms with Gasteiger partial charge < -0.3 is 8.98 Å². The minimum atomic E-state index is 0.313. The van der Waals surface area contributed by atoms with E-state index in [9.17, 15) is 10.5 Å². The van der Waals surface area contributed by atoms with Crippen LogP contribution in [0.2, 0.25) is 0 Å². The summed E-state index contributed by atoms with van der Waals surface area (Å²) in [5.74, 6) is 1.26. The molecule has 0 saturated heterocycles. The van der Waals surface area contributed by atoms with Crippen molar-refractivity contribution in [2.24, 2.45) is 0 Å². The van der Waals surface area contributed by atoms with Gasteiger partial charge >= 0.3 is 0 Å². The number of para-hydroxylation sites is 2. The van der Waals surface area contributed by atoms with Crippen LogP contribution in [0.5, 0.6) is 0 Å². The largest absolute Gasteiger partial charge is 0.456 e. The van der Waals surface area contributed by atoms with Crippen molar-refractivity contribution in [3.63, 3.8) is 0 Å². The van der Waals surface area contributed by atoms with E-state index in [0.717, 1.165) is 54.9 Å². The molecule has 0 aliphatic carbocycles. The third-order valence-electron chi connectivity index (χ3n) is 8.73. The molecule has 0 saturated carbocycles. The molecule has 0 N–H and O–H groups in total. The monoisotopic (exact) mass is 614 g/mol. The van der Waals surface area contributed by atoms with Crippen molar-refractivity contribution in [1.82, 2.24) is 19.5 Å². The van der Waals surface area contributed by atoms with E-state index in [1.54, 1.807) is 12.1 Å². The van der Waals surface area contributed by atoms with E-state index in [1.165, 1.54) is 0 Å². The molecule has 0 amide bonds. The maximum Gasteiger partial charge on any atom is 0.165 e. The average Bonchev–Trinajstić information content (AvgIpc) is 3.70. The lowest BCUT2D eigenvalue weighted by Crippen LogP contribution is -2.04. The molecule has 0 aliphatic heterocycles. The molecule has 48 heavy (non-hydrogen) atoms. The van der Waals surface area contributed by atoms with Crippen LogP contribution in [0.4, 0.5) is 0 Å². The van der Waals surface area contributed by atoms with Gasteiger partial charge in [0.2, 0.25) is 0 Å². The van der Waals surface area contributed by atoms with Crippen molar-refractivity contribution in [2.75, 3.05) is 0 Å². The Kier molecular flexibility index (Phi) is 6.11. The van der Waals surface area contributed by atoms with Gasteiger partial charge in [0.25, 0.3) is 0 Å². The molecule has 0 aliphatic rings. The Bertz CT molecular complexity index is 2740. The molecule has 0 radical (unpaired) electrons. The van der Waals surface area contributed by atoms with E-state index in [4.69, 9.17) is 19.4 Å². The molecule has 0 spiro atoms. The second-order valence-corrected chi connectivity index (χ2v) is 11.5. The Labute approximate surface area is 274 Å². The van der Waals surface area contributed by atoms with Gasteiger partial charge in [-0.25, -0.2) is 15.0 Å². The number of hydrogen-bond donors (Lipinski definition) is 0. The summed E-state index contributed by atoms with van der Waals surface area (Å²) in [5.41, 5.74) is 6.73. The first kappa shape index (κ1) is 27.2. The highest BCUT2D eigenvalue weighted by Gasteiger charge is 2.23. The molecule has 6 aromatic carbocycles. The lowest BCUT2D eigenvalue weighted by Gasteiger charge is -2.14. The zero-order valence-corrected chi connectivity index (χ0v) is 25.3. The SMILES string of the molecule is N#Cc1cc(-n2c3ccccc3c3ccc4oc5ccccc5c4c32)c(C#N)cc1-c1nc(-c2ccccc2)nc(-c2ccccc2)n1. The van der Waals surface area contributed by atoms with Gasteiger partial charge in [0.05, 0.1) is 39.3 Å². The standard InChI is InChI=1S/C41H22N6O/c42-23-27-22-34(47-33-17-9-7-15-29(33)30-19-20-36-37(38(30)47)31-16-8-10-18-35(31)48-36)28(24-43)21-32(27)41-45-39(25-11-3-1-4-12-25)44-40(46-41)26-13-5-2-6-14-26/h1-22H. The Balaban J connectivity index is 1.34. The summed E-state index contributed by atoms with van der Waals surface area (Å²) in [7, 11) is 0. The van der Waals surface area contributed by atoms with Crippen LogP contribution in [0.1, 0.15) is 11.1 Å². The summed E-state index contributed by atoms with van der Waals surface area (Å²) >= 11 is 0. The van der Waals surface area contributed by atoms with Gasteiger partial charge in [0.15, 0.2) is 17.5 Å². The number of aromatic nitrogens is 4. The first-order chi connectivity index (χ1) is 23.7. The first-order valence-electron chi connectivity index (χ1n) is 15.4. The minimum Gasteiger partial charge on any atom is -0.456 e. The Morgan fingerprint density at radius 1 is 0.521 bits per heavy atom. The molecule has 0 atom stereocenters. The molecule has 9 aromatic rings. The topological polar surface area (TPSA) is 104 Å². The van der Waals surface area contributed by atoms with Gasteiger partial charge in [-0.2, -0.15) is 10.5 Å². The van der Waals surface area contributed by atoms with E-state index in [0.29, 0.717) is 39.9 Å². The molecule has 0 fully saturated rings. The van der Waals surface area contributed by atoms with Gasteiger partial charge in [0, 0.05) is 32.8 Å². The highest BCUT2D eigenvalue weighted by Crippen LogP contribution is 2.42. The van der Waals surface area contributed by atoms with Gasteiger partial charge in [-0.15, -0.1) is 0 Å². The van der Waals surface area contributed by atoms with Crippen molar-refractivity contribution in [3.05, 3.63) is 145 Å². The average molecular weight is 615 g/mol. The summed E-state index contributed by atoms with van der Waals surface area (Å²) < 4.78 is 8.35. The summed E-state index contributed by atoms with van der Waals surface area (Å²) in [5, 5.41) is 25.3. The highest BCUT2D eigenvalue weighted by molar-refractivity contribution is 6.24. The normalized spacial score (nSPS) is 11.3. The lowest BCUT2D eigenvalue weighted by molar-refractivity contribution is 0.669. The van der Waals surface area contributed by atoms with Crippen LogP contribution in [-0.4, -0.2) is 19.5 Å². The molecule has 0 unspecified atom stereocenters. The lowest BCUT2D eigenvalue weighted by atomic mass is 10.0. The number of benzene rings is 6. The quantitative estimate of drug-likeness (QED) is 0.195. The Hall–Kier alpha value is -7.09. The smallest absolute Gasteiger partial charge is 0.165 e. The second kappa shape index (κ2) is 10.8. The predicted molar refractivity (Wildman–Crippen MR) is 187 cm³/mol. The number of furan rings is 1. The molecular formula is C41H22N6O. The number of fused-ring (bicyclic) bond motifs is 7.